The van der Waals surface area contributed by atoms with Gasteiger partial charge in [-0.2, -0.15) is 0 Å². The quantitative estimate of drug-likeness (QED) is 0.497. The van der Waals surface area contributed by atoms with Crippen LogP contribution in [-0.4, -0.2) is 53.7 Å². The molecular formula is C24H27F3N6O2. The van der Waals surface area contributed by atoms with Crippen LogP contribution in [0.1, 0.15) is 42.8 Å². The summed E-state index contributed by atoms with van der Waals surface area (Å²) in [5.41, 5.74) is 0.0881. The van der Waals surface area contributed by atoms with E-state index in [-0.39, 0.29) is 24.1 Å². The number of nitrogens with one attached hydrogen (secondary N) is 2. The maximum absolute atomic E-state index is 14.7. The second-order valence-electron chi connectivity index (χ2n) is 8.53. The number of alkyl halides is 2. The molecule has 0 unspecified atom stereocenters. The lowest BCUT2D eigenvalue weighted by atomic mass is 10.0. The van der Waals surface area contributed by atoms with Gasteiger partial charge in [0.15, 0.2) is 0 Å². The second-order valence-corrected chi connectivity index (χ2v) is 8.53. The van der Waals surface area contributed by atoms with Crippen molar-refractivity contribution < 1.29 is 22.7 Å². The number of aryl methyl sites for hydroxylation is 1. The summed E-state index contributed by atoms with van der Waals surface area (Å²) in [6.07, 6.45) is -0.493. The molecule has 35 heavy (non-hydrogen) atoms. The fourth-order valence-corrected chi connectivity index (χ4v) is 4.26. The van der Waals surface area contributed by atoms with Gasteiger partial charge >= 0.3 is 0 Å². The molecule has 8 nitrogen and oxygen atoms in total. The van der Waals surface area contributed by atoms with E-state index in [1.54, 1.807) is 20.0 Å². The number of aromatic nitrogens is 3. The Labute approximate surface area is 200 Å². The lowest BCUT2D eigenvalue weighted by molar-refractivity contribution is -0.125. The second kappa shape index (κ2) is 10.4. The molecule has 0 bridgehead atoms. The van der Waals surface area contributed by atoms with Crippen molar-refractivity contribution in [2.75, 3.05) is 37.0 Å². The van der Waals surface area contributed by atoms with E-state index in [2.05, 4.69) is 30.5 Å². The average Bonchev–Trinajstić information content (AvgIpc) is 3.27. The van der Waals surface area contributed by atoms with Gasteiger partial charge in [0, 0.05) is 37.2 Å². The van der Waals surface area contributed by atoms with Crippen molar-refractivity contribution in [2.45, 2.75) is 38.8 Å². The van der Waals surface area contributed by atoms with E-state index in [0.29, 0.717) is 41.5 Å². The first kappa shape index (κ1) is 24.6. The van der Waals surface area contributed by atoms with Gasteiger partial charge in [0.05, 0.1) is 23.3 Å². The summed E-state index contributed by atoms with van der Waals surface area (Å²) in [6, 6.07) is 5.17. The molecule has 0 spiro atoms. The lowest BCUT2D eigenvalue weighted by Gasteiger charge is -2.21. The largest absolute Gasteiger partial charge is 0.375 e. The van der Waals surface area contributed by atoms with E-state index in [4.69, 9.17) is 4.74 Å². The number of amides is 1. The zero-order valence-corrected chi connectivity index (χ0v) is 19.7. The lowest BCUT2D eigenvalue weighted by Crippen LogP contribution is -2.39. The van der Waals surface area contributed by atoms with E-state index in [9.17, 15) is 18.0 Å². The Morgan fingerprint density at radius 1 is 1.29 bits per heavy atom. The predicted octanol–water partition coefficient (Wildman–Crippen LogP) is 3.92. The molecule has 3 aromatic rings. The molecule has 1 amide bonds. The van der Waals surface area contributed by atoms with Crippen LogP contribution in [0.15, 0.2) is 30.5 Å². The summed E-state index contributed by atoms with van der Waals surface area (Å²) >= 11 is 0. The maximum atomic E-state index is 14.7. The maximum Gasteiger partial charge on any atom is 0.266 e. The molecule has 2 atom stereocenters. The molecule has 3 heterocycles. The third-order valence-corrected chi connectivity index (χ3v) is 5.95. The Balaban J connectivity index is 1.59. The van der Waals surface area contributed by atoms with Crippen LogP contribution >= 0.6 is 0 Å². The van der Waals surface area contributed by atoms with Crippen molar-refractivity contribution in [2.24, 2.45) is 0 Å². The van der Waals surface area contributed by atoms with Crippen molar-refractivity contribution in [1.29, 1.82) is 0 Å². The summed E-state index contributed by atoms with van der Waals surface area (Å²) in [5.74, 6) is 0.534. The molecule has 1 saturated heterocycles. The van der Waals surface area contributed by atoms with Crippen molar-refractivity contribution in [1.82, 2.24) is 20.3 Å². The first-order valence-electron chi connectivity index (χ1n) is 11.3. The van der Waals surface area contributed by atoms with Gasteiger partial charge in [-0.1, -0.05) is 18.2 Å². The minimum absolute atomic E-state index is 0.00937. The first-order chi connectivity index (χ1) is 16.8. The molecule has 0 saturated carbocycles. The summed E-state index contributed by atoms with van der Waals surface area (Å²) < 4.78 is 45.9. The number of ether oxygens (including phenoxy) is 1. The van der Waals surface area contributed by atoms with E-state index in [1.807, 2.05) is 6.07 Å². The Hall–Kier alpha value is -3.47. The van der Waals surface area contributed by atoms with Crippen molar-refractivity contribution in [3.8, 4) is 0 Å². The van der Waals surface area contributed by atoms with Gasteiger partial charge in [-0.25, -0.2) is 28.1 Å². The monoisotopic (exact) mass is 488 g/mol. The number of hydrogen-bond acceptors (Lipinski definition) is 7. The topological polar surface area (TPSA) is 92.3 Å². The SMILES string of the molecule is COCC(=O)N[C@@H]1CCN(c2cc3c(N[C@H](C)c4cccc(C(F)F)c4F)nc(C)nc3cn2)C1. The molecule has 2 N–H and O–H groups in total. The molecule has 4 rings (SSSR count). The fourth-order valence-electron chi connectivity index (χ4n) is 4.26. The number of fused-ring (bicyclic) bond motifs is 1. The highest BCUT2D eigenvalue weighted by Gasteiger charge is 2.26. The Morgan fingerprint density at radius 2 is 2.06 bits per heavy atom. The van der Waals surface area contributed by atoms with Gasteiger partial charge in [-0.3, -0.25) is 4.79 Å². The number of nitrogens with zero attached hydrogens (tertiary/aromatic N) is 4. The molecule has 186 valence electrons. The number of halogens is 3. The molecule has 1 fully saturated rings. The molecule has 2 aromatic heterocycles. The number of anilines is 2. The predicted molar refractivity (Wildman–Crippen MR) is 126 cm³/mol. The van der Waals surface area contributed by atoms with Crippen LogP contribution in [0.4, 0.5) is 24.8 Å². The third-order valence-electron chi connectivity index (χ3n) is 5.95. The number of methoxy groups -OCH3 is 1. The molecular weight excluding hydrogens is 461 g/mol. The molecule has 1 aliphatic heterocycles. The van der Waals surface area contributed by atoms with Gasteiger partial charge in [-0.15, -0.1) is 0 Å². The number of hydrogen-bond donors (Lipinski definition) is 2. The Morgan fingerprint density at radius 3 is 2.80 bits per heavy atom. The van der Waals surface area contributed by atoms with Gasteiger partial charge in [-0.05, 0) is 26.3 Å². The summed E-state index contributed by atoms with van der Waals surface area (Å²) in [7, 11) is 1.47. The van der Waals surface area contributed by atoms with E-state index in [1.165, 1.54) is 19.2 Å². The van der Waals surface area contributed by atoms with Crippen LogP contribution in [-0.2, 0) is 9.53 Å². The first-order valence-corrected chi connectivity index (χ1v) is 11.3. The highest BCUT2D eigenvalue weighted by atomic mass is 19.3. The average molecular weight is 489 g/mol. The zero-order chi connectivity index (χ0) is 25.1. The Kier molecular flexibility index (Phi) is 7.34. The summed E-state index contributed by atoms with van der Waals surface area (Å²) in [4.78, 5) is 27.3. The standard InChI is InChI=1S/C24H27F3N6O2/c1-13(16-5-4-6-17(22(16)25)23(26)27)29-24-18-9-20(28-10-19(18)30-14(2)31-24)33-8-7-15(11-33)32-21(34)12-35-3/h4-6,9-10,13,15,23H,7-8,11-12H2,1-3H3,(H,32,34)(H,29,30,31)/t13-,15-/m1/s1. The summed E-state index contributed by atoms with van der Waals surface area (Å²) in [6.45, 7) is 4.72. The number of benzene rings is 1. The van der Waals surface area contributed by atoms with Crippen molar-refractivity contribution >= 4 is 28.4 Å². The number of rotatable bonds is 8. The summed E-state index contributed by atoms with van der Waals surface area (Å²) in [5, 5.41) is 6.77. The smallest absolute Gasteiger partial charge is 0.266 e. The molecule has 11 heteroatoms. The highest BCUT2D eigenvalue weighted by molar-refractivity contribution is 5.90. The van der Waals surface area contributed by atoms with Gasteiger partial charge < -0.3 is 20.3 Å². The van der Waals surface area contributed by atoms with Crippen molar-refractivity contribution in [3.63, 3.8) is 0 Å². The van der Waals surface area contributed by atoms with Crippen LogP contribution in [0.2, 0.25) is 0 Å². The fraction of sp³-hybridized carbons (Fsp3) is 0.417. The van der Waals surface area contributed by atoms with Gasteiger partial charge in [0.2, 0.25) is 5.91 Å². The van der Waals surface area contributed by atoms with Crippen LogP contribution in [0.5, 0.6) is 0 Å². The Bertz CT molecular complexity index is 1230. The van der Waals surface area contributed by atoms with Crippen LogP contribution in [0.3, 0.4) is 0 Å². The molecule has 0 radical (unpaired) electrons. The third kappa shape index (κ3) is 5.45. The molecule has 0 aliphatic carbocycles. The van der Waals surface area contributed by atoms with Crippen LogP contribution < -0.4 is 15.5 Å². The number of carbonyl (C=O) groups is 1. The normalized spacial score (nSPS) is 16.7. The highest BCUT2D eigenvalue weighted by Crippen LogP contribution is 2.31. The van der Waals surface area contributed by atoms with E-state index in [0.717, 1.165) is 12.5 Å². The van der Waals surface area contributed by atoms with Crippen molar-refractivity contribution in [3.05, 3.63) is 53.2 Å². The van der Waals surface area contributed by atoms with Gasteiger partial charge in [0.25, 0.3) is 6.43 Å². The van der Waals surface area contributed by atoms with E-state index >= 15 is 0 Å². The number of pyridine rings is 1. The minimum atomic E-state index is -2.90. The minimum Gasteiger partial charge on any atom is -0.375 e. The van der Waals surface area contributed by atoms with E-state index < -0.39 is 23.8 Å². The van der Waals surface area contributed by atoms with Crippen LogP contribution in [0, 0.1) is 12.7 Å². The number of carbonyl (C=O) groups excluding carboxylic acids is 1. The molecule has 1 aromatic carbocycles. The van der Waals surface area contributed by atoms with Gasteiger partial charge in [0.1, 0.15) is 29.9 Å². The van der Waals surface area contributed by atoms with Crippen LogP contribution in [0.25, 0.3) is 10.9 Å². The molecule has 1 aliphatic rings. The zero-order valence-electron chi connectivity index (χ0n) is 19.7.